The molecular formula is C14H23N3O2. The van der Waals surface area contributed by atoms with Crippen LogP contribution in [0.3, 0.4) is 0 Å². The molecule has 0 atom stereocenters. The van der Waals surface area contributed by atoms with E-state index in [9.17, 15) is 4.79 Å². The van der Waals surface area contributed by atoms with Gasteiger partial charge in [-0.3, -0.25) is 4.79 Å². The number of methoxy groups -OCH3 is 1. The number of carbonyl (C=O) groups is 1. The average Bonchev–Trinajstić information content (AvgIpc) is 2.39. The Hall–Kier alpha value is -1.59. The summed E-state index contributed by atoms with van der Waals surface area (Å²) in [4.78, 5) is 13.5. The Morgan fingerprint density at radius 1 is 1.26 bits per heavy atom. The standard InChI is InChI=1S/C14H23N3O2/c1-17(2)9-8-16-14(18)11-15-10-12-4-6-13(19-3)7-5-12/h4-7,15H,8-11H2,1-3H3,(H,16,18). The SMILES string of the molecule is COc1ccc(CNCC(=O)NCCN(C)C)cc1. The van der Waals surface area contributed by atoms with Crippen molar-refractivity contribution in [3.05, 3.63) is 29.8 Å². The third-order valence-electron chi connectivity index (χ3n) is 2.65. The number of carbonyl (C=O) groups excluding carboxylic acids is 1. The summed E-state index contributed by atoms with van der Waals surface area (Å²) in [5.41, 5.74) is 1.13. The first kappa shape index (κ1) is 15.5. The zero-order valence-corrected chi connectivity index (χ0v) is 11.9. The Kier molecular flexibility index (Phi) is 6.92. The molecule has 19 heavy (non-hydrogen) atoms. The maximum atomic E-state index is 11.5. The van der Waals surface area contributed by atoms with E-state index in [2.05, 4.69) is 10.6 Å². The van der Waals surface area contributed by atoms with Gasteiger partial charge in [-0.2, -0.15) is 0 Å². The summed E-state index contributed by atoms with van der Waals surface area (Å²) in [5.74, 6) is 0.862. The second-order valence-electron chi connectivity index (χ2n) is 4.60. The molecule has 0 fully saturated rings. The van der Waals surface area contributed by atoms with Crippen LogP contribution in [0.2, 0.25) is 0 Å². The van der Waals surface area contributed by atoms with Crippen molar-refractivity contribution in [1.82, 2.24) is 15.5 Å². The van der Waals surface area contributed by atoms with E-state index in [0.717, 1.165) is 17.9 Å². The van der Waals surface area contributed by atoms with Gasteiger partial charge in [-0.1, -0.05) is 12.1 Å². The fourth-order valence-corrected chi connectivity index (χ4v) is 1.55. The van der Waals surface area contributed by atoms with Crippen LogP contribution in [0.1, 0.15) is 5.56 Å². The lowest BCUT2D eigenvalue weighted by atomic mass is 10.2. The van der Waals surface area contributed by atoms with Crippen LogP contribution in [0.25, 0.3) is 0 Å². The highest BCUT2D eigenvalue weighted by Crippen LogP contribution is 2.10. The molecular weight excluding hydrogens is 242 g/mol. The lowest BCUT2D eigenvalue weighted by molar-refractivity contribution is -0.120. The van der Waals surface area contributed by atoms with Gasteiger partial charge in [-0.25, -0.2) is 0 Å². The lowest BCUT2D eigenvalue weighted by Crippen LogP contribution is -2.37. The highest BCUT2D eigenvalue weighted by Gasteiger charge is 2.00. The van der Waals surface area contributed by atoms with Gasteiger partial charge in [-0.15, -0.1) is 0 Å². The third kappa shape index (κ3) is 6.79. The maximum Gasteiger partial charge on any atom is 0.234 e. The van der Waals surface area contributed by atoms with Crippen molar-refractivity contribution >= 4 is 5.91 Å². The smallest absolute Gasteiger partial charge is 0.234 e. The maximum absolute atomic E-state index is 11.5. The molecule has 0 saturated heterocycles. The van der Waals surface area contributed by atoms with Crippen LogP contribution in [-0.2, 0) is 11.3 Å². The van der Waals surface area contributed by atoms with E-state index in [1.54, 1.807) is 7.11 Å². The quantitative estimate of drug-likeness (QED) is 0.717. The first-order chi connectivity index (χ1) is 9.11. The van der Waals surface area contributed by atoms with Crippen LogP contribution in [0.4, 0.5) is 0 Å². The minimum absolute atomic E-state index is 0.0235. The topological polar surface area (TPSA) is 53.6 Å². The normalized spacial score (nSPS) is 10.5. The Labute approximate surface area is 114 Å². The summed E-state index contributed by atoms with van der Waals surface area (Å²) >= 11 is 0. The van der Waals surface area contributed by atoms with E-state index in [1.165, 1.54) is 0 Å². The monoisotopic (exact) mass is 265 g/mol. The van der Waals surface area contributed by atoms with Crippen molar-refractivity contribution in [1.29, 1.82) is 0 Å². The molecule has 1 amide bonds. The second kappa shape index (κ2) is 8.50. The van der Waals surface area contributed by atoms with Gasteiger partial charge in [0.2, 0.25) is 5.91 Å². The molecule has 5 heteroatoms. The molecule has 0 aliphatic rings. The van der Waals surface area contributed by atoms with Crippen molar-refractivity contribution in [2.24, 2.45) is 0 Å². The Bertz CT molecular complexity index is 377. The molecule has 5 nitrogen and oxygen atoms in total. The molecule has 0 spiro atoms. The zero-order valence-electron chi connectivity index (χ0n) is 11.9. The van der Waals surface area contributed by atoms with E-state index in [-0.39, 0.29) is 5.91 Å². The van der Waals surface area contributed by atoms with Crippen molar-refractivity contribution in [3.63, 3.8) is 0 Å². The molecule has 0 aromatic heterocycles. The van der Waals surface area contributed by atoms with Crippen molar-refractivity contribution in [2.75, 3.05) is 40.8 Å². The predicted octanol–water partition coefficient (Wildman–Crippen LogP) is 0.463. The van der Waals surface area contributed by atoms with Crippen LogP contribution in [0.15, 0.2) is 24.3 Å². The highest BCUT2D eigenvalue weighted by atomic mass is 16.5. The van der Waals surface area contributed by atoms with Gasteiger partial charge in [0.25, 0.3) is 0 Å². The summed E-state index contributed by atoms with van der Waals surface area (Å²) in [6.45, 7) is 2.53. The largest absolute Gasteiger partial charge is 0.497 e. The van der Waals surface area contributed by atoms with Gasteiger partial charge in [0.15, 0.2) is 0 Å². The van der Waals surface area contributed by atoms with E-state index in [0.29, 0.717) is 19.6 Å². The van der Waals surface area contributed by atoms with Gasteiger partial charge in [0.1, 0.15) is 5.75 Å². The number of rotatable bonds is 8. The van der Waals surface area contributed by atoms with Gasteiger partial charge in [0.05, 0.1) is 13.7 Å². The number of hydrogen-bond acceptors (Lipinski definition) is 4. The number of ether oxygens (including phenoxy) is 1. The molecule has 0 heterocycles. The van der Waals surface area contributed by atoms with Crippen LogP contribution in [0, 0.1) is 0 Å². The Morgan fingerprint density at radius 3 is 2.53 bits per heavy atom. The average molecular weight is 265 g/mol. The molecule has 0 aliphatic carbocycles. The number of hydrogen-bond donors (Lipinski definition) is 2. The first-order valence-corrected chi connectivity index (χ1v) is 6.37. The molecule has 1 aromatic rings. The van der Waals surface area contributed by atoms with E-state index >= 15 is 0 Å². The van der Waals surface area contributed by atoms with Crippen molar-refractivity contribution < 1.29 is 9.53 Å². The molecule has 0 aliphatic heterocycles. The summed E-state index contributed by atoms with van der Waals surface area (Å²) in [6, 6.07) is 7.79. The summed E-state index contributed by atoms with van der Waals surface area (Å²) in [6.07, 6.45) is 0. The Balaban J connectivity index is 2.16. The minimum atomic E-state index is 0.0235. The third-order valence-corrected chi connectivity index (χ3v) is 2.65. The summed E-state index contributed by atoms with van der Waals surface area (Å²) < 4.78 is 5.09. The van der Waals surface area contributed by atoms with Gasteiger partial charge < -0.3 is 20.3 Å². The van der Waals surface area contributed by atoms with E-state index in [1.807, 2.05) is 43.3 Å². The number of nitrogens with one attached hydrogen (secondary N) is 2. The van der Waals surface area contributed by atoms with Crippen molar-refractivity contribution in [3.8, 4) is 5.75 Å². The first-order valence-electron chi connectivity index (χ1n) is 6.37. The molecule has 1 rings (SSSR count). The van der Waals surface area contributed by atoms with Crippen LogP contribution in [-0.4, -0.2) is 51.6 Å². The summed E-state index contributed by atoms with van der Waals surface area (Å²) in [5, 5.41) is 5.97. The van der Waals surface area contributed by atoms with Crippen molar-refractivity contribution in [2.45, 2.75) is 6.54 Å². The molecule has 0 radical (unpaired) electrons. The number of benzene rings is 1. The lowest BCUT2D eigenvalue weighted by Gasteiger charge is -2.11. The second-order valence-corrected chi connectivity index (χ2v) is 4.60. The molecule has 106 valence electrons. The highest BCUT2D eigenvalue weighted by molar-refractivity contribution is 5.77. The minimum Gasteiger partial charge on any atom is -0.497 e. The summed E-state index contributed by atoms with van der Waals surface area (Å²) in [7, 11) is 5.60. The van der Waals surface area contributed by atoms with Crippen LogP contribution in [0.5, 0.6) is 5.75 Å². The van der Waals surface area contributed by atoms with E-state index in [4.69, 9.17) is 4.74 Å². The van der Waals surface area contributed by atoms with E-state index < -0.39 is 0 Å². The van der Waals surface area contributed by atoms with Crippen LogP contribution >= 0.6 is 0 Å². The van der Waals surface area contributed by atoms with Gasteiger partial charge >= 0.3 is 0 Å². The Morgan fingerprint density at radius 2 is 1.95 bits per heavy atom. The fraction of sp³-hybridized carbons (Fsp3) is 0.500. The predicted molar refractivity (Wildman–Crippen MR) is 76.3 cm³/mol. The van der Waals surface area contributed by atoms with Gasteiger partial charge in [-0.05, 0) is 31.8 Å². The zero-order chi connectivity index (χ0) is 14.1. The molecule has 0 saturated carbocycles. The van der Waals surface area contributed by atoms with Crippen LogP contribution < -0.4 is 15.4 Å². The number of likely N-dealkylation sites (N-methyl/N-ethyl adjacent to an activating group) is 1. The fourth-order valence-electron chi connectivity index (χ4n) is 1.55. The molecule has 0 unspecified atom stereocenters. The number of amides is 1. The number of nitrogens with zero attached hydrogens (tertiary/aromatic N) is 1. The molecule has 0 bridgehead atoms. The van der Waals surface area contributed by atoms with Gasteiger partial charge in [0, 0.05) is 19.6 Å². The molecule has 1 aromatic carbocycles. The molecule has 2 N–H and O–H groups in total.